The summed E-state index contributed by atoms with van der Waals surface area (Å²) in [6.45, 7) is 10.7. The van der Waals surface area contributed by atoms with Crippen LogP contribution in [0.2, 0.25) is 0 Å². The molecular weight excluding hydrogens is 252 g/mol. The number of anilines is 1. The van der Waals surface area contributed by atoms with Crippen molar-refractivity contribution in [3.63, 3.8) is 0 Å². The average Bonchev–Trinajstić information content (AvgIpc) is 2.45. The van der Waals surface area contributed by atoms with Gasteiger partial charge in [-0.1, -0.05) is 13.8 Å². The summed E-state index contributed by atoms with van der Waals surface area (Å²) in [4.78, 5) is 9.55. The molecule has 0 amide bonds. The molecule has 0 saturated carbocycles. The third-order valence-corrected chi connectivity index (χ3v) is 4.37. The van der Waals surface area contributed by atoms with Crippen molar-refractivity contribution in [2.24, 2.45) is 0 Å². The van der Waals surface area contributed by atoms with E-state index in [1.54, 1.807) is 0 Å². The van der Waals surface area contributed by atoms with E-state index in [4.69, 9.17) is 4.98 Å². The monoisotopic (exact) mass is 276 g/mol. The van der Waals surface area contributed by atoms with Crippen LogP contribution in [0, 0.1) is 0 Å². The molecule has 0 radical (unpaired) electrons. The van der Waals surface area contributed by atoms with Gasteiger partial charge in [-0.2, -0.15) is 5.10 Å². The number of piperazine rings is 1. The molecule has 3 rings (SSSR count). The minimum atomic E-state index is 0.741. The van der Waals surface area contributed by atoms with Crippen molar-refractivity contribution in [3.8, 4) is 0 Å². The summed E-state index contributed by atoms with van der Waals surface area (Å²) in [5, 5.41) is 12.0. The molecule has 1 aromatic heterocycles. The van der Waals surface area contributed by atoms with Crippen LogP contribution in [0.25, 0.3) is 0 Å². The van der Waals surface area contributed by atoms with Crippen LogP contribution < -0.4 is 10.2 Å². The number of hydrogen-bond acceptors (Lipinski definition) is 6. The summed E-state index contributed by atoms with van der Waals surface area (Å²) >= 11 is 0. The van der Waals surface area contributed by atoms with Crippen LogP contribution >= 0.6 is 0 Å². The van der Waals surface area contributed by atoms with Gasteiger partial charge in [-0.05, 0) is 12.8 Å². The molecule has 1 aromatic rings. The van der Waals surface area contributed by atoms with Crippen molar-refractivity contribution < 1.29 is 0 Å². The maximum absolute atomic E-state index is 4.71. The molecular formula is C14H24N6. The Hall–Kier alpha value is -1.27. The molecule has 6 nitrogen and oxygen atoms in total. The molecule has 0 atom stereocenters. The normalized spacial score (nSPS) is 21.0. The Morgan fingerprint density at radius 1 is 1.00 bits per heavy atom. The van der Waals surface area contributed by atoms with E-state index in [-0.39, 0.29) is 0 Å². The van der Waals surface area contributed by atoms with Gasteiger partial charge in [-0.3, -0.25) is 4.90 Å². The molecule has 110 valence electrons. The maximum atomic E-state index is 4.71. The minimum Gasteiger partial charge on any atom is -0.337 e. The third-order valence-electron chi connectivity index (χ3n) is 4.37. The summed E-state index contributed by atoms with van der Waals surface area (Å²) in [6, 6.07) is 0.741. The lowest BCUT2D eigenvalue weighted by Crippen LogP contribution is -2.61. The second-order valence-electron chi connectivity index (χ2n) is 5.55. The van der Waals surface area contributed by atoms with Crippen molar-refractivity contribution in [1.82, 2.24) is 25.4 Å². The number of aryl methyl sites for hydroxylation is 2. The lowest BCUT2D eigenvalue weighted by atomic mass is 10.1. The van der Waals surface area contributed by atoms with Crippen molar-refractivity contribution >= 4 is 5.95 Å². The zero-order valence-electron chi connectivity index (χ0n) is 12.5. The minimum absolute atomic E-state index is 0.741. The largest absolute Gasteiger partial charge is 0.337 e. The van der Waals surface area contributed by atoms with Crippen LogP contribution in [0.4, 0.5) is 5.95 Å². The second kappa shape index (κ2) is 6.01. The van der Waals surface area contributed by atoms with Gasteiger partial charge in [0.25, 0.3) is 0 Å². The number of nitrogens with one attached hydrogen (secondary N) is 1. The summed E-state index contributed by atoms with van der Waals surface area (Å²) < 4.78 is 0. The van der Waals surface area contributed by atoms with E-state index in [0.717, 1.165) is 75.5 Å². The van der Waals surface area contributed by atoms with E-state index in [1.165, 1.54) is 0 Å². The van der Waals surface area contributed by atoms with Crippen molar-refractivity contribution in [2.45, 2.75) is 32.7 Å². The first-order chi connectivity index (χ1) is 9.81. The summed E-state index contributed by atoms with van der Waals surface area (Å²) in [6.07, 6.45) is 1.84. The first-order valence-electron chi connectivity index (χ1n) is 7.74. The zero-order valence-corrected chi connectivity index (χ0v) is 12.5. The standard InChI is InChI=1S/C14H24N6/c1-3-12-13(4-2)17-18-14(16-12)20-7-5-19(6-8-20)11-9-15-10-11/h11,15H,3-10H2,1-2H3. The number of hydrogen-bond donors (Lipinski definition) is 1. The Morgan fingerprint density at radius 2 is 1.70 bits per heavy atom. The predicted molar refractivity (Wildman–Crippen MR) is 79.0 cm³/mol. The van der Waals surface area contributed by atoms with Crippen molar-refractivity contribution in [1.29, 1.82) is 0 Å². The smallest absolute Gasteiger partial charge is 0.245 e. The van der Waals surface area contributed by atoms with Gasteiger partial charge in [0.05, 0.1) is 11.4 Å². The summed E-state index contributed by atoms with van der Waals surface area (Å²) in [5.74, 6) is 0.811. The van der Waals surface area contributed by atoms with E-state index in [2.05, 4.69) is 39.2 Å². The third kappa shape index (κ3) is 2.62. The molecule has 0 spiro atoms. The fourth-order valence-corrected chi connectivity index (χ4v) is 2.88. The van der Waals surface area contributed by atoms with Gasteiger partial charge in [0, 0.05) is 45.3 Å². The van der Waals surface area contributed by atoms with E-state index in [9.17, 15) is 0 Å². The zero-order chi connectivity index (χ0) is 13.9. The summed E-state index contributed by atoms with van der Waals surface area (Å²) in [5.41, 5.74) is 2.14. The molecule has 0 aliphatic carbocycles. The molecule has 2 saturated heterocycles. The van der Waals surface area contributed by atoms with Gasteiger partial charge in [0.15, 0.2) is 0 Å². The number of nitrogens with zero attached hydrogens (tertiary/aromatic N) is 5. The predicted octanol–water partition coefficient (Wildman–Crippen LogP) is 0.0902. The van der Waals surface area contributed by atoms with Crippen LogP contribution in [0.3, 0.4) is 0 Å². The molecule has 20 heavy (non-hydrogen) atoms. The van der Waals surface area contributed by atoms with E-state index in [0.29, 0.717) is 0 Å². The molecule has 0 bridgehead atoms. The van der Waals surface area contributed by atoms with Crippen LogP contribution in [0.1, 0.15) is 25.2 Å². The van der Waals surface area contributed by atoms with Gasteiger partial charge in [0.2, 0.25) is 5.95 Å². The number of aromatic nitrogens is 3. The van der Waals surface area contributed by atoms with Crippen LogP contribution in [0.15, 0.2) is 0 Å². The Bertz CT molecular complexity index is 451. The Labute approximate surface area is 120 Å². The molecule has 1 N–H and O–H groups in total. The Morgan fingerprint density at radius 3 is 2.25 bits per heavy atom. The Kier molecular flexibility index (Phi) is 4.12. The van der Waals surface area contributed by atoms with Crippen molar-refractivity contribution in [3.05, 3.63) is 11.4 Å². The quantitative estimate of drug-likeness (QED) is 0.841. The molecule has 6 heteroatoms. The van der Waals surface area contributed by atoms with Crippen LogP contribution in [-0.2, 0) is 12.8 Å². The first kappa shape index (κ1) is 13.7. The second-order valence-corrected chi connectivity index (χ2v) is 5.55. The molecule has 2 aliphatic heterocycles. The van der Waals surface area contributed by atoms with Gasteiger partial charge in [0.1, 0.15) is 0 Å². The molecule has 2 fully saturated rings. The van der Waals surface area contributed by atoms with Gasteiger partial charge in [-0.25, -0.2) is 4.98 Å². The summed E-state index contributed by atoms with van der Waals surface area (Å²) in [7, 11) is 0. The van der Waals surface area contributed by atoms with Crippen molar-refractivity contribution in [2.75, 3.05) is 44.2 Å². The average molecular weight is 276 g/mol. The topological polar surface area (TPSA) is 57.2 Å². The fraction of sp³-hybridized carbons (Fsp3) is 0.786. The highest BCUT2D eigenvalue weighted by molar-refractivity contribution is 5.31. The van der Waals surface area contributed by atoms with E-state index in [1.807, 2.05) is 0 Å². The number of rotatable bonds is 4. The fourth-order valence-electron chi connectivity index (χ4n) is 2.88. The van der Waals surface area contributed by atoms with Crippen LogP contribution in [0.5, 0.6) is 0 Å². The van der Waals surface area contributed by atoms with Gasteiger partial charge < -0.3 is 10.2 Å². The SMILES string of the molecule is CCc1nnc(N2CCN(C3CNC3)CC2)nc1CC. The van der Waals surface area contributed by atoms with E-state index < -0.39 is 0 Å². The maximum Gasteiger partial charge on any atom is 0.245 e. The highest BCUT2D eigenvalue weighted by atomic mass is 15.4. The van der Waals surface area contributed by atoms with Gasteiger partial charge >= 0.3 is 0 Å². The van der Waals surface area contributed by atoms with E-state index >= 15 is 0 Å². The van der Waals surface area contributed by atoms with Gasteiger partial charge in [-0.15, -0.1) is 5.10 Å². The lowest BCUT2D eigenvalue weighted by molar-refractivity contribution is 0.137. The first-order valence-corrected chi connectivity index (χ1v) is 7.74. The highest BCUT2D eigenvalue weighted by Crippen LogP contribution is 2.15. The molecule has 2 aliphatic rings. The lowest BCUT2D eigenvalue weighted by Gasteiger charge is -2.43. The van der Waals surface area contributed by atoms with Crippen LogP contribution in [-0.4, -0.2) is 65.4 Å². The molecule has 0 unspecified atom stereocenters. The Balaban J connectivity index is 1.65. The highest BCUT2D eigenvalue weighted by Gasteiger charge is 2.28. The molecule has 0 aromatic carbocycles. The molecule has 3 heterocycles.